The van der Waals surface area contributed by atoms with Crippen molar-refractivity contribution < 1.29 is 19.1 Å². The number of hydrogen-bond acceptors (Lipinski definition) is 4. The first-order chi connectivity index (χ1) is 7.99. The number of rotatable bonds is 4. The van der Waals surface area contributed by atoms with Crippen LogP contribution >= 0.6 is 0 Å². The van der Waals surface area contributed by atoms with Crippen LogP contribution in [0.15, 0.2) is 16.1 Å². The van der Waals surface area contributed by atoms with Crippen LogP contribution in [0.1, 0.15) is 35.7 Å². The van der Waals surface area contributed by atoms with Gasteiger partial charge in [0.25, 0.3) is 0 Å². The average molecular weight is 238 g/mol. The maximum absolute atomic E-state index is 11.4. The summed E-state index contributed by atoms with van der Waals surface area (Å²) in [6.07, 6.45) is 1.75. The molecule has 0 aliphatic carbocycles. The second kappa shape index (κ2) is 5.68. The van der Waals surface area contributed by atoms with Gasteiger partial charge in [-0.05, 0) is 30.6 Å². The molecule has 0 spiro atoms. The van der Waals surface area contributed by atoms with Gasteiger partial charge >= 0.3 is 5.97 Å². The van der Waals surface area contributed by atoms with E-state index in [1.54, 1.807) is 19.1 Å². The van der Waals surface area contributed by atoms with Gasteiger partial charge in [-0.1, -0.05) is 13.8 Å². The summed E-state index contributed by atoms with van der Waals surface area (Å²) in [5.41, 5.74) is 1.27. The molecule has 0 aliphatic rings. The first-order valence-corrected chi connectivity index (χ1v) is 5.49. The topological polar surface area (TPSA) is 59.7 Å². The standard InChI is InChI=1S/C13H18O4/c1-8(2)10(7-14)5-11-6-12(9(3)17-11)13(15)16-4/h5-6,8,14H,7H2,1-4H3. The Labute approximate surface area is 101 Å². The zero-order valence-corrected chi connectivity index (χ0v) is 10.6. The summed E-state index contributed by atoms with van der Waals surface area (Å²) in [6, 6.07) is 1.62. The number of aryl methyl sites for hydroxylation is 1. The molecule has 17 heavy (non-hydrogen) atoms. The van der Waals surface area contributed by atoms with Gasteiger partial charge in [0.15, 0.2) is 0 Å². The Morgan fingerprint density at radius 1 is 1.59 bits per heavy atom. The lowest BCUT2D eigenvalue weighted by atomic mass is 10.0. The maximum Gasteiger partial charge on any atom is 0.341 e. The summed E-state index contributed by atoms with van der Waals surface area (Å²) in [4.78, 5) is 11.4. The second-order valence-electron chi connectivity index (χ2n) is 4.14. The van der Waals surface area contributed by atoms with Crippen molar-refractivity contribution in [2.24, 2.45) is 5.92 Å². The monoisotopic (exact) mass is 238 g/mol. The quantitative estimate of drug-likeness (QED) is 0.818. The highest BCUT2D eigenvalue weighted by Crippen LogP contribution is 2.20. The molecule has 0 unspecified atom stereocenters. The third-order valence-electron chi connectivity index (χ3n) is 2.59. The molecule has 0 aromatic carbocycles. The number of furan rings is 1. The van der Waals surface area contributed by atoms with E-state index in [2.05, 4.69) is 4.74 Å². The molecule has 0 saturated heterocycles. The summed E-state index contributed by atoms with van der Waals surface area (Å²) in [6.45, 7) is 5.65. The highest BCUT2D eigenvalue weighted by molar-refractivity contribution is 5.91. The van der Waals surface area contributed by atoms with Crippen LogP contribution in [-0.4, -0.2) is 24.8 Å². The highest BCUT2D eigenvalue weighted by atomic mass is 16.5. The van der Waals surface area contributed by atoms with Crippen LogP contribution in [0.25, 0.3) is 6.08 Å². The average Bonchev–Trinajstić information content (AvgIpc) is 2.65. The molecule has 0 radical (unpaired) electrons. The Balaban J connectivity index is 3.05. The van der Waals surface area contributed by atoms with Crippen LogP contribution in [0, 0.1) is 12.8 Å². The minimum Gasteiger partial charge on any atom is -0.465 e. The van der Waals surface area contributed by atoms with E-state index in [1.807, 2.05) is 13.8 Å². The van der Waals surface area contributed by atoms with Crippen molar-refractivity contribution in [3.8, 4) is 0 Å². The van der Waals surface area contributed by atoms with Crippen molar-refractivity contribution in [1.29, 1.82) is 0 Å². The van der Waals surface area contributed by atoms with Gasteiger partial charge in [0.05, 0.1) is 13.7 Å². The van der Waals surface area contributed by atoms with Crippen LogP contribution in [0.4, 0.5) is 0 Å². The predicted octanol–water partition coefficient (Wildman–Crippen LogP) is 2.41. The highest BCUT2D eigenvalue weighted by Gasteiger charge is 2.15. The number of carbonyl (C=O) groups is 1. The molecule has 1 heterocycles. The van der Waals surface area contributed by atoms with Crippen LogP contribution in [-0.2, 0) is 4.74 Å². The normalized spacial score (nSPS) is 12.0. The first kappa shape index (κ1) is 13.5. The van der Waals surface area contributed by atoms with Gasteiger partial charge in [0.1, 0.15) is 17.1 Å². The molecule has 0 bridgehead atoms. The summed E-state index contributed by atoms with van der Waals surface area (Å²) in [5.74, 6) is 0.887. The third-order valence-corrected chi connectivity index (χ3v) is 2.59. The Kier molecular flexibility index (Phi) is 4.52. The zero-order valence-electron chi connectivity index (χ0n) is 10.6. The molecule has 0 saturated carbocycles. The molecular weight excluding hydrogens is 220 g/mol. The Morgan fingerprint density at radius 2 is 2.24 bits per heavy atom. The van der Waals surface area contributed by atoms with Gasteiger partial charge in [-0.2, -0.15) is 0 Å². The molecule has 1 rings (SSSR count). The number of methoxy groups -OCH3 is 1. The van der Waals surface area contributed by atoms with E-state index in [0.29, 0.717) is 17.1 Å². The van der Waals surface area contributed by atoms with Gasteiger partial charge in [-0.15, -0.1) is 0 Å². The van der Waals surface area contributed by atoms with Gasteiger partial charge in [0, 0.05) is 0 Å². The van der Waals surface area contributed by atoms with Crippen LogP contribution < -0.4 is 0 Å². The molecule has 1 N–H and O–H groups in total. The first-order valence-electron chi connectivity index (χ1n) is 5.49. The summed E-state index contributed by atoms with van der Waals surface area (Å²) >= 11 is 0. The third kappa shape index (κ3) is 3.20. The fourth-order valence-corrected chi connectivity index (χ4v) is 1.47. The molecule has 0 amide bonds. The molecule has 4 heteroatoms. The minimum atomic E-state index is -0.416. The van der Waals surface area contributed by atoms with Crippen LogP contribution in [0.2, 0.25) is 0 Å². The van der Waals surface area contributed by atoms with E-state index >= 15 is 0 Å². The zero-order chi connectivity index (χ0) is 13.0. The van der Waals surface area contributed by atoms with Crippen LogP contribution in [0.3, 0.4) is 0 Å². The lowest BCUT2D eigenvalue weighted by Crippen LogP contribution is -2.00. The van der Waals surface area contributed by atoms with Gasteiger partial charge in [-0.25, -0.2) is 4.79 Å². The van der Waals surface area contributed by atoms with E-state index in [-0.39, 0.29) is 12.5 Å². The van der Waals surface area contributed by atoms with Crippen molar-refractivity contribution in [2.45, 2.75) is 20.8 Å². The van der Waals surface area contributed by atoms with E-state index < -0.39 is 5.97 Å². The molecule has 4 nitrogen and oxygen atoms in total. The number of carbonyl (C=O) groups excluding carboxylic acids is 1. The molecule has 0 fully saturated rings. The summed E-state index contributed by atoms with van der Waals surface area (Å²) < 4.78 is 10.1. The van der Waals surface area contributed by atoms with E-state index in [0.717, 1.165) is 5.57 Å². The number of esters is 1. The smallest absolute Gasteiger partial charge is 0.341 e. The Bertz CT molecular complexity index is 427. The Hall–Kier alpha value is -1.55. The molecule has 94 valence electrons. The van der Waals surface area contributed by atoms with E-state index in [9.17, 15) is 9.90 Å². The fourth-order valence-electron chi connectivity index (χ4n) is 1.47. The molecule has 0 aliphatic heterocycles. The largest absolute Gasteiger partial charge is 0.465 e. The fraction of sp³-hybridized carbons (Fsp3) is 0.462. The number of ether oxygens (including phenoxy) is 1. The van der Waals surface area contributed by atoms with E-state index in [1.165, 1.54) is 7.11 Å². The van der Waals surface area contributed by atoms with Gasteiger partial charge < -0.3 is 14.3 Å². The van der Waals surface area contributed by atoms with Gasteiger partial charge in [0.2, 0.25) is 0 Å². The van der Waals surface area contributed by atoms with Crippen molar-refractivity contribution in [3.63, 3.8) is 0 Å². The predicted molar refractivity (Wildman–Crippen MR) is 64.7 cm³/mol. The molecule has 1 aromatic rings. The van der Waals surface area contributed by atoms with Crippen molar-refractivity contribution in [1.82, 2.24) is 0 Å². The Morgan fingerprint density at radius 3 is 2.71 bits per heavy atom. The van der Waals surface area contributed by atoms with Crippen LogP contribution in [0.5, 0.6) is 0 Å². The number of aliphatic hydroxyl groups is 1. The van der Waals surface area contributed by atoms with E-state index in [4.69, 9.17) is 4.42 Å². The maximum atomic E-state index is 11.4. The summed E-state index contributed by atoms with van der Waals surface area (Å²) in [7, 11) is 1.33. The minimum absolute atomic E-state index is 0.0228. The molecular formula is C13H18O4. The number of aliphatic hydroxyl groups excluding tert-OH is 1. The van der Waals surface area contributed by atoms with Crippen molar-refractivity contribution >= 4 is 12.0 Å². The summed E-state index contributed by atoms with van der Waals surface area (Å²) in [5, 5.41) is 9.19. The molecule has 0 atom stereocenters. The SMILES string of the molecule is COC(=O)c1cc(C=C(CO)C(C)C)oc1C. The lowest BCUT2D eigenvalue weighted by Gasteiger charge is -2.06. The number of hydrogen-bond donors (Lipinski definition) is 1. The van der Waals surface area contributed by atoms with Gasteiger partial charge in [-0.3, -0.25) is 0 Å². The second-order valence-corrected chi connectivity index (χ2v) is 4.14. The van der Waals surface area contributed by atoms with Crippen molar-refractivity contribution in [3.05, 3.63) is 28.7 Å². The van der Waals surface area contributed by atoms with Crippen molar-refractivity contribution in [2.75, 3.05) is 13.7 Å². The lowest BCUT2D eigenvalue weighted by molar-refractivity contribution is 0.0599. The molecule has 1 aromatic heterocycles.